The fraction of sp³-hybridized carbons (Fsp3) is 0.409. The van der Waals surface area contributed by atoms with Gasteiger partial charge in [-0.2, -0.15) is 0 Å². The van der Waals surface area contributed by atoms with Crippen molar-refractivity contribution in [2.75, 3.05) is 40.2 Å². The Bertz CT molecular complexity index is 756. The maximum Gasteiger partial charge on any atom is 0.195 e. The van der Waals surface area contributed by atoms with Gasteiger partial charge in [0.05, 0.1) is 14.2 Å². The van der Waals surface area contributed by atoms with Crippen LogP contribution in [0.2, 0.25) is 0 Å². The fourth-order valence-electron chi connectivity index (χ4n) is 2.88. The number of aliphatic imine (C=N–C) groups is 1. The van der Waals surface area contributed by atoms with Gasteiger partial charge in [-0.25, -0.2) is 0 Å². The Morgan fingerprint density at radius 2 is 1.76 bits per heavy atom. The Hall–Kier alpha value is -2.00. The molecule has 6 nitrogen and oxygen atoms in total. The normalized spacial score (nSPS) is 12.1. The second-order valence-corrected chi connectivity index (χ2v) is 6.73. The molecular weight excluding hydrogens is 479 g/mol. The molecule has 7 heteroatoms. The van der Waals surface area contributed by atoms with Gasteiger partial charge in [0.25, 0.3) is 0 Å². The zero-order valence-corrected chi connectivity index (χ0v) is 20.3. The van der Waals surface area contributed by atoms with Gasteiger partial charge in [0.1, 0.15) is 0 Å². The smallest absolute Gasteiger partial charge is 0.195 e. The molecule has 0 fully saturated rings. The summed E-state index contributed by atoms with van der Waals surface area (Å²) in [6, 6.07) is 16.7. The first-order valence-corrected chi connectivity index (χ1v) is 9.51. The molecule has 160 valence electrons. The lowest BCUT2D eigenvalue weighted by atomic mass is 10.1. The monoisotopic (exact) mass is 512 g/mol. The molecule has 0 bridgehead atoms. The van der Waals surface area contributed by atoms with Crippen molar-refractivity contribution in [2.24, 2.45) is 4.99 Å². The molecule has 2 aromatic rings. The van der Waals surface area contributed by atoms with Gasteiger partial charge in [0, 0.05) is 37.9 Å². The first-order valence-electron chi connectivity index (χ1n) is 9.51. The molecule has 0 spiro atoms. The van der Waals surface area contributed by atoms with E-state index in [4.69, 9.17) is 9.47 Å². The number of hydrogen-bond donors (Lipinski definition) is 2. The third-order valence-electron chi connectivity index (χ3n) is 4.75. The summed E-state index contributed by atoms with van der Waals surface area (Å²) in [7, 11) is 7.18. The lowest BCUT2D eigenvalue weighted by Gasteiger charge is -2.25. The Kier molecular flexibility index (Phi) is 11.5. The largest absolute Gasteiger partial charge is 0.493 e. The zero-order chi connectivity index (χ0) is 20.4. The van der Waals surface area contributed by atoms with Crippen LogP contribution in [0.4, 0.5) is 5.69 Å². The zero-order valence-electron chi connectivity index (χ0n) is 17.9. The highest BCUT2D eigenvalue weighted by molar-refractivity contribution is 14.0. The molecule has 2 aromatic carbocycles. The lowest BCUT2D eigenvalue weighted by Crippen LogP contribution is -2.36. The third-order valence-corrected chi connectivity index (χ3v) is 4.75. The second-order valence-electron chi connectivity index (χ2n) is 6.73. The van der Waals surface area contributed by atoms with E-state index in [9.17, 15) is 0 Å². The molecule has 29 heavy (non-hydrogen) atoms. The van der Waals surface area contributed by atoms with E-state index in [1.165, 1.54) is 5.56 Å². The number of rotatable bonds is 9. The predicted molar refractivity (Wildman–Crippen MR) is 132 cm³/mol. The summed E-state index contributed by atoms with van der Waals surface area (Å²) in [5.41, 5.74) is 2.22. The summed E-state index contributed by atoms with van der Waals surface area (Å²) in [5, 5.41) is 6.66. The molecule has 0 aliphatic heterocycles. The first kappa shape index (κ1) is 25.0. The molecule has 1 atom stereocenters. The van der Waals surface area contributed by atoms with Crippen LogP contribution >= 0.6 is 24.0 Å². The van der Waals surface area contributed by atoms with E-state index >= 15 is 0 Å². The minimum Gasteiger partial charge on any atom is -0.493 e. The van der Waals surface area contributed by atoms with Crippen LogP contribution < -0.4 is 20.1 Å². The third kappa shape index (κ3) is 8.10. The minimum absolute atomic E-state index is 0. The van der Waals surface area contributed by atoms with Crippen molar-refractivity contribution >= 4 is 35.6 Å². The van der Waals surface area contributed by atoms with Crippen LogP contribution in [-0.4, -0.2) is 51.8 Å². The van der Waals surface area contributed by atoms with Gasteiger partial charge in [-0.1, -0.05) is 30.3 Å². The number of benzene rings is 2. The number of hydrogen-bond acceptors (Lipinski definition) is 4. The van der Waals surface area contributed by atoms with Crippen molar-refractivity contribution in [3.63, 3.8) is 0 Å². The van der Waals surface area contributed by atoms with Gasteiger partial charge in [-0.05, 0) is 38.1 Å². The van der Waals surface area contributed by atoms with Crippen LogP contribution in [0.5, 0.6) is 11.5 Å². The highest BCUT2D eigenvalue weighted by atomic mass is 127. The molecule has 2 rings (SSSR count). The average molecular weight is 512 g/mol. The van der Waals surface area contributed by atoms with Gasteiger partial charge in [-0.15, -0.1) is 24.0 Å². The van der Waals surface area contributed by atoms with Gasteiger partial charge in [-0.3, -0.25) is 9.89 Å². The summed E-state index contributed by atoms with van der Waals surface area (Å²) in [4.78, 5) is 6.66. The molecule has 0 aliphatic rings. The average Bonchev–Trinajstić information content (AvgIpc) is 2.73. The number of anilines is 1. The number of guanidine groups is 1. The van der Waals surface area contributed by atoms with E-state index in [1.807, 2.05) is 24.3 Å². The Balaban J connectivity index is 0.00000420. The summed E-state index contributed by atoms with van der Waals surface area (Å²) < 4.78 is 10.6. The molecule has 0 saturated carbocycles. The number of halogens is 1. The Morgan fingerprint density at radius 3 is 2.38 bits per heavy atom. The maximum absolute atomic E-state index is 5.35. The second kappa shape index (κ2) is 13.3. The SMILES string of the molecule is CN=C(NCCC(C)N(C)Cc1ccccc1)Nc1ccc(OC)c(OC)c1.I. The van der Waals surface area contributed by atoms with E-state index in [0.717, 1.165) is 31.2 Å². The Labute approximate surface area is 191 Å². The number of nitrogens with one attached hydrogen (secondary N) is 2. The fourth-order valence-corrected chi connectivity index (χ4v) is 2.88. The molecule has 0 radical (unpaired) electrons. The highest BCUT2D eigenvalue weighted by Gasteiger charge is 2.10. The highest BCUT2D eigenvalue weighted by Crippen LogP contribution is 2.29. The van der Waals surface area contributed by atoms with Gasteiger partial charge < -0.3 is 20.1 Å². The number of ether oxygens (including phenoxy) is 2. The van der Waals surface area contributed by atoms with Crippen molar-refractivity contribution in [1.29, 1.82) is 0 Å². The quantitative estimate of drug-likeness (QED) is 0.300. The van der Waals surface area contributed by atoms with E-state index in [1.54, 1.807) is 21.3 Å². The molecule has 0 heterocycles. The molecular formula is C22H33IN4O2. The molecule has 2 N–H and O–H groups in total. The van der Waals surface area contributed by atoms with Gasteiger partial charge in [0.2, 0.25) is 0 Å². The lowest BCUT2D eigenvalue weighted by molar-refractivity contribution is 0.239. The molecule has 0 amide bonds. The summed E-state index contributed by atoms with van der Waals surface area (Å²) in [5.74, 6) is 2.11. The first-order chi connectivity index (χ1) is 13.6. The van der Waals surface area contributed by atoms with Crippen LogP contribution in [0.1, 0.15) is 18.9 Å². The van der Waals surface area contributed by atoms with Gasteiger partial charge in [0.15, 0.2) is 17.5 Å². The van der Waals surface area contributed by atoms with E-state index < -0.39 is 0 Å². The molecule has 0 saturated heterocycles. The molecule has 0 aliphatic carbocycles. The summed E-state index contributed by atoms with van der Waals surface area (Å²) in [6.07, 6.45) is 1.01. The topological polar surface area (TPSA) is 58.1 Å². The molecule has 0 aromatic heterocycles. The number of nitrogens with zero attached hydrogens (tertiary/aromatic N) is 2. The number of methoxy groups -OCH3 is 2. The summed E-state index contributed by atoms with van der Waals surface area (Å²) in [6.45, 7) is 4.02. The van der Waals surface area contributed by atoms with Crippen LogP contribution in [0, 0.1) is 0 Å². The van der Waals surface area contributed by atoms with Crippen LogP contribution in [-0.2, 0) is 6.54 Å². The minimum atomic E-state index is 0. The predicted octanol–water partition coefficient (Wildman–Crippen LogP) is 4.22. The van der Waals surface area contributed by atoms with Crippen molar-refractivity contribution < 1.29 is 9.47 Å². The van der Waals surface area contributed by atoms with Crippen LogP contribution in [0.15, 0.2) is 53.5 Å². The molecule has 1 unspecified atom stereocenters. The van der Waals surface area contributed by atoms with Gasteiger partial charge >= 0.3 is 0 Å². The van der Waals surface area contributed by atoms with Crippen molar-refractivity contribution in [3.05, 3.63) is 54.1 Å². The van der Waals surface area contributed by atoms with E-state index in [-0.39, 0.29) is 24.0 Å². The van der Waals surface area contributed by atoms with Crippen LogP contribution in [0.3, 0.4) is 0 Å². The Morgan fingerprint density at radius 1 is 1.07 bits per heavy atom. The summed E-state index contributed by atoms with van der Waals surface area (Å²) >= 11 is 0. The van der Waals surface area contributed by atoms with Crippen molar-refractivity contribution in [1.82, 2.24) is 10.2 Å². The van der Waals surface area contributed by atoms with Crippen molar-refractivity contribution in [3.8, 4) is 11.5 Å². The van der Waals surface area contributed by atoms with E-state index in [0.29, 0.717) is 17.5 Å². The van der Waals surface area contributed by atoms with E-state index in [2.05, 4.69) is 58.8 Å². The van der Waals surface area contributed by atoms with Crippen LogP contribution in [0.25, 0.3) is 0 Å². The standard InChI is InChI=1S/C22H32N4O2.HI/c1-17(26(3)16-18-9-7-6-8-10-18)13-14-24-22(23-2)25-19-11-12-20(27-4)21(15-19)28-5;/h6-12,15,17H,13-14,16H2,1-5H3,(H2,23,24,25);1H. The van der Waals surface area contributed by atoms with Crippen molar-refractivity contribution in [2.45, 2.75) is 25.9 Å². The maximum atomic E-state index is 5.35.